The minimum atomic E-state index is 0.631. The van der Waals surface area contributed by atoms with Crippen molar-refractivity contribution in [2.45, 2.75) is 0 Å². The largest absolute Gasteiger partial charge is 0.309 e. The van der Waals surface area contributed by atoms with Crippen LogP contribution in [0.25, 0.3) is 105 Å². The van der Waals surface area contributed by atoms with Gasteiger partial charge in [-0.25, -0.2) is 15.0 Å². The van der Waals surface area contributed by atoms with Crippen LogP contribution in [0.2, 0.25) is 0 Å². The highest BCUT2D eigenvalue weighted by atomic mass is 15.0. The molecular formula is C51H32N4. The lowest BCUT2D eigenvalue weighted by atomic mass is 9.96. The van der Waals surface area contributed by atoms with Gasteiger partial charge in [0.05, 0.1) is 16.7 Å². The van der Waals surface area contributed by atoms with Gasteiger partial charge in [-0.05, 0) is 74.5 Å². The molecule has 0 radical (unpaired) electrons. The van der Waals surface area contributed by atoms with Crippen molar-refractivity contribution in [1.82, 2.24) is 19.5 Å². The maximum atomic E-state index is 5.30. The van der Waals surface area contributed by atoms with E-state index < -0.39 is 0 Å². The molecule has 0 aliphatic heterocycles. The number of nitrogens with zero attached hydrogens (tertiary/aromatic N) is 4. The fraction of sp³-hybridized carbons (Fsp3) is 0. The molecule has 0 unspecified atom stereocenters. The molecule has 11 aromatic rings. The van der Waals surface area contributed by atoms with Crippen LogP contribution in [0.3, 0.4) is 0 Å². The second-order valence-electron chi connectivity index (χ2n) is 14.0. The highest BCUT2D eigenvalue weighted by Gasteiger charge is 2.20. The smallest absolute Gasteiger partial charge is 0.164 e. The van der Waals surface area contributed by atoms with E-state index in [1.807, 2.05) is 18.2 Å². The van der Waals surface area contributed by atoms with E-state index in [9.17, 15) is 0 Å². The lowest BCUT2D eigenvalue weighted by molar-refractivity contribution is 1.08. The molecule has 0 fully saturated rings. The molecule has 0 aliphatic rings. The summed E-state index contributed by atoms with van der Waals surface area (Å²) >= 11 is 0. The zero-order valence-corrected chi connectivity index (χ0v) is 29.8. The molecule has 0 bridgehead atoms. The Balaban J connectivity index is 1.22. The Hall–Kier alpha value is -7.43. The summed E-state index contributed by atoms with van der Waals surface area (Å²) in [5.74, 6) is 1.91. The first kappa shape index (κ1) is 31.1. The Morgan fingerprint density at radius 3 is 1.67 bits per heavy atom. The van der Waals surface area contributed by atoms with Gasteiger partial charge in [-0.2, -0.15) is 0 Å². The fourth-order valence-corrected chi connectivity index (χ4v) is 8.20. The molecule has 0 aliphatic carbocycles. The van der Waals surface area contributed by atoms with Crippen LogP contribution in [-0.2, 0) is 0 Å². The van der Waals surface area contributed by atoms with Crippen molar-refractivity contribution in [3.05, 3.63) is 194 Å². The molecule has 9 aromatic carbocycles. The summed E-state index contributed by atoms with van der Waals surface area (Å²) in [6, 6.07) is 68.8. The minimum absolute atomic E-state index is 0.631. The number of aromatic nitrogens is 4. The van der Waals surface area contributed by atoms with Crippen LogP contribution < -0.4 is 0 Å². The Labute approximate surface area is 317 Å². The van der Waals surface area contributed by atoms with E-state index in [0.717, 1.165) is 55.0 Å². The summed E-state index contributed by atoms with van der Waals surface area (Å²) in [6.07, 6.45) is 0. The molecule has 2 aromatic heterocycles. The molecule has 0 amide bonds. The van der Waals surface area contributed by atoms with Gasteiger partial charge in [0.1, 0.15) is 0 Å². The maximum absolute atomic E-state index is 5.30. The molecule has 55 heavy (non-hydrogen) atoms. The molecule has 11 rings (SSSR count). The van der Waals surface area contributed by atoms with Crippen molar-refractivity contribution in [3.8, 4) is 51.0 Å². The Morgan fingerprint density at radius 2 is 0.891 bits per heavy atom. The van der Waals surface area contributed by atoms with Gasteiger partial charge in [-0.1, -0.05) is 158 Å². The zero-order chi connectivity index (χ0) is 36.3. The first-order valence-electron chi connectivity index (χ1n) is 18.6. The topological polar surface area (TPSA) is 43.6 Å². The van der Waals surface area contributed by atoms with Crippen molar-refractivity contribution in [3.63, 3.8) is 0 Å². The van der Waals surface area contributed by atoms with Gasteiger partial charge in [0.2, 0.25) is 0 Å². The van der Waals surface area contributed by atoms with Gasteiger partial charge in [0.15, 0.2) is 17.5 Å². The van der Waals surface area contributed by atoms with Crippen molar-refractivity contribution in [1.29, 1.82) is 0 Å². The highest BCUT2D eigenvalue weighted by Crippen LogP contribution is 2.41. The minimum Gasteiger partial charge on any atom is -0.309 e. The quantitative estimate of drug-likeness (QED) is 0.179. The molecule has 0 atom stereocenters. The predicted molar refractivity (Wildman–Crippen MR) is 228 cm³/mol. The lowest BCUT2D eigenvalue weighted by Crippen LogP contribution is -2.02. The van der Waals surface area contributed by atoms with Crippen LogP contribution in [0.5, 0.6) is 0 Å². The summed E-state index contributed by atoms with van der Waals surface area (Å²) in [5.41, 5.74) is 8.59. The van der Waals surface area contributed by atoms with E-state index in [2.05, 4.69) is 180 Å². The van der Waals surface area contributed by atoms with Gasteiger partial charge >= 0.3 is 0 Å². The average molecular weight is 701 g/mol. The van der Waals surface area contributed by atoms with Gasteiger partial charge in [0.25, 0.3) is 0 Å². The standard InChI is InChI=1S/C51H32N4/c1-3-14-33(15-4-1)38-26-27-41-44(30-38)43(28-29-47(41)55-46-25-12-11-23-40(46)45-31-36-19-7-8-20-37(36)32-48(45)55)51-53-49(35-17-5-2-6-18-35)52-50(54-51)42-24-13-21-34-16-9-10-22-39(34)42/h1-32H. The van der Waals surface area contributed by atoms with Gasteiger partial charge in [-0.3, -0.25) is 0 Å². The molecule has 256 valence electrons. The number of para-hydroxylation sites is 1. The number of fused-ring (bicyclic) bond motifs is 6. The number of benzene rings is 9. The van der Waals surface area contributed by atoms with Gasteiger partial charge < -0.3 is 4.57 Å². The van der Waals surface area contributed by atoms with Crippen molar-refractivity contribution in [2.24, 2.45) is 0 Å². The first-order valence-corrected chi connectivity index (χ1v) is 18.6. The summed E-state index contributed by atoms with van der Waals surface area (Å²) in [6.45, 7) is 0. The van der Waals surface area contributed by atoms with E-state index in [-0.39, 0.29) is 0 Å². The van der Waals surface area contributed by atoms with Crippen molar-refractivity contribution in [2.75, 3.05) is 0 Å². The number of hydrogen-bond donors (Lipinski definition) is 0. The van der Waals surface area contributed by atoms with E-state index >= 15 is 0 Å². The van der Waals surface area contributed by atoms with Crippen LogP contribution in [0.15, 0.2) is 194 Å². The average Bonchev–Trinajstić information content (AvgIpc) is 3.58. The summed E-state index contributed by atoms with van der Waals surface area (Å²) in [5, 5.41) is 9.34. The molecule has 0 saturated carbocycles. The predicted octanol–water partition coefficient (Wildman–Crippen LogP) is 13.1. The Morgan fingerprint density at radius 1 is 0.291 bits per heavy atom. The van der Waals surface area contributed by atoms with Crippen molar-refractivity contribution >= 4 is 54.1 Å². The monoisotopic (exact) mass is 700 g/mol. The van der Waals surface area contributed by atoms with Crippen LogP contribution in [0.1, 0.15) is 0 Å². The van der Waals surface area contributed by atoms with E-state index in [0.29, 0.717) is 17.5 Å². The maximum Gasteiger partial charge on any atom is 0.164 e. The van der Waals surface area contributed by atoms with E-state index in [4.69, 9.17) is 15.0 Å². The third-order valence-electron chi connectivity index (χ3n) is 10.8. The normalized spacial score (nSPS) is 11.6. The molecule has 4 nitrogen and oxygen atoms in total. The third kappa shape index (κ3) is 5.19. The molecule has 4 heteroatoms. The lowest BCUT2D eigenvalue weighted by Gasteiger charge is -2.16. The van der Waals surface area contributed by atoms with Crippen LogP contribution in [0, 0.1) is 0 Å². The molecule has 0 saturated heterocycles. The van der Waals surface area contributed by atoms with Crippen LogP contribution in [-0.4, -0.2) is 19.5 Å². The number of rotatable bonds is 5. The van der Waals surface area contributed by atoms with Gasteiger partial charge in [0, 0.05) is 32.8 Å². The first-order chi connectivity index (χ1) is 27.3. The zero-order valence-electron chi connectivity index (χ0n) is 29.8. The van der Waals surface area contributed by atoms with E-state index in [1.165, 1.54) is 32.6 Å². The molecular weight excluding hydrogens is 669 g/mol. The van der Waals surface area contributed by atoms with Gasteiger partial charge in [-0.15, -0.1) is 0 Å². The summed E-state index contributed by atoms with van der Waals surface area (Å²) in [4.78, 5) is 15.6. The Bertz CT molecular complexity index is 3250. The summed E-state index contributed by atoms with van der Waals surface area (Å²) in [7, 11) is 0. The molecule has 2 heterocycles. The molecule has 0 N–H and O–H groups in total. The van der Waals surface area contributed by atoms with E-state index in [1.54, 1.807) is 0 Å². The SMILES string of the molecule is c1ccc(-c2ccc3c(-n4c5ccccc5c5cc6ccccc6cc54)ccc(-c4nc(-c5ccccc5)nc(-c5cccc6ccccc56)n4)c3c2)cc1. The van der Waals surface area contributed by atoms with Crippen LogP contribution >= 0.6 is 0 Å². The second kappa shape index (κ2) is 12.6. The van der Waals surface area contributed by atoms with Crippen LogP contribution in [0.4, 0.5) is 0 Å². The fourth-order valence-electron chi connectivity index (χ4n) is 8.20. The second-order valence-corrected chi connectivity index (χ2v) is 14.0. The molecule has 0 spiro atoms. The Kier molecular flexibility index (Phi) is 7.14. The summed E-state index contributed by atoms with van der Waals surface area (Å²) < 4.78 is 2.43. The third-order valence-corrected chi connectivity index (χ3v) is 10.8. The van der Waals surface area contributed by atoms with Crippen molar-refractivity contribution < 1.29 is 0 Å². The highest BCUT2D eigenvalue weighted by molar-refractivity contribution is 6.15. The number of hydrogen-bond acceptors (Lipinski definition) is 3.